The van der Waals surface area contributed by atoms with Crippen molar-refractivity contribution in [1.82, 2.24) is 5.32 Å². The number of hydrogen-bond acceptors (Lipinski definition) is 3. The van der Waals surface area contributed by atoms with Crippen LogP contribution in [-0.2, 0) is 9.53 Å². The minimum Gasteiger partial charge on any atom is -0.385 e. The van der Waals surface area contributed by atoms with Crippen LogP contribution < -0.4 is 11.1 Å². The van der Waals surface area contributed by atoms with Gasteiger partial charge in [0.05, 0.1) is 0 Å². The Bertz CT molecular complexity index is 314. The number of hydrogen-bond donors (Lipinski definition) is 2. The number of methoxy groups -OCH3 is 1. The third-order valence-electron chi connectivity index (χ3n) is 5.22. The molecule has 0 aromatic rings. The second kappa shape index (κ2) is 7.41. The first-order valence-corrected chi connectivity index (χ1v) is 8.17. The number of nitrogens with two attached hydrogens (primary N) is 1. The van der Waals surface area contributed by atoms with Crippen LogP contribution in [0.3, 0.4) is 0 Å². The fraction of sp³-hybridized carbons (Fsp3) is 0.938. The molecule has 0 bridgehead atoms. The fourth-order valence-corrected chi connectivity index (χ4v) is 3.84. The molecule has 4 heteroatoms. The molecule has 1 amide bonds. The molecule has 2 rings (SSSR count). The lowest BCUT2D eigenvalue weighted by Gasteiger charge is -2.31. The maximum Gasteiger partial charge on any atom is 0.223 e. The molecule has 0 aliphatic heterocycles. The van der Waals surface area contributed by atoms with Gasteiger partial charge in [-0.25, -0.2) is 0 Å². The minimum absolute atomic E-state index is 0.139. The molecule has 2 aliphatic rings. The van der Waals surface area contributed by atoms with Gasteiger partial charge in [0, 0.05) is 32.2 Å². The van der Waals surface area contributed by atoms with Gasteiger partial charge in [-0.2, -0.15) is 0 Å². The highest BCUT2D eigenvalue weighted by Gasteiger charge is 2.34. The summed E-state index contributed by atoms with van der Waals surface area (Å²) in [5, 5.41) is 3.21. The lowest BCUT2D eigenvalue weighted by atomic mass is 9.82. The van der Waals surface area contributed by atoms with E-state index in [-0.39, 0.29) is 23.3 Å². The molecule has 2 atom stereocenters. The molecule has 2 fully saturated rings. The second-order valence-corrected chi connectivity index (χ2v) is 6.79. The van der Waals surface area contributed by atoms with Crippen molar-refractivity contribution in [3.63, 3.8) is 0 Å². The second-order valence-electron chi connectivity index (χ2n) is 6.79. The predicted octanol–water partition coefficient (Wildman–Crippen LogP) is 2.22. The number of nitrogens with one attached hydrogen (secondary N) is 1. The molecule has 0 aromatic carbocycles. The van der Waals surface area contributed by atoms with Crippen molar-refractivity contribution >= 4 is 5.91 Å². The van der Waals surface area contributed by atoms with Gasteiger partial charge < -0.3 is 15.8 Å². The first-order chi connectivity index (χ1) is 9.65. The van der Waals surface area contributed by atoms with Crippen molar-refractivity contribution in [3.8, 4) is 0 Å². The summed E-state index contributed by atoms with van der Waals surface area (Å²) in [6.07, 6.45) is 10.1. The predicted molar refractivity (Wildman–Crippen MR) is 80.3 cm³/mol. The molecule has 4 nitrogen and oxygen atoms in total. The van der Waals surface area contributed by atoms with Gasteiger partial charge in [-0.3, -0.25) is 4.79 Å². The average Bonchev–Trinajstić information content (AvgIpc) is 2.92. The van der Waals surface area contributed by atoms with E-state index in [0.29, 0.717) is 0 Å². The molecule has 2 saturated carbocycles. The highest BCUT2D eigenvalue weighted by Crippen LogP contribution is 2.40. The number of carbonyl (C=O) groups excluding carboxylic acids is 1. The summed E-state index contributed by atoms with van der Waals surface area (Å²) in [5.41, 5.74) is 6.26. The van der Waals surface area contributed by atoms with Crippen LogP contribution in [0.4, 0.5) is 0 Å². The van der Waals surface area contributed by atoms with E-state index in [9.17, 15) is 4.79 Å². The highest BCUT2D eigenvalue weighted by atomic mass is 16.5. The third kappa shape index (κ3) is 4.19. The van der Waals surface area contributed by atoms with Crippen molar-refractivity contribution in [2.24, 2.45) is 17.1 Å². The maximum absolute atomic E-state index is 12.3. The third-order valence-corrected chi connectivity index (χ3v) is 5.22. The minimum atomic E-state index is 0.139. The number of rotatable bonds is 6. The molecule has 0 radical (unpaired) electrons. The summed E-state index contributed by atoms with van der Waals surface area (Å²) in [6.45, 7) is 1.62. The van der Waals surface area contributed by atoms with Gasteiger partial charge in [0.1, 0.15) is 0 Å². The van der Waals surface area contributed by atoms with Gasteiger partial charge in [-0.05, 0) is 43.9 Å². The normalized spacial score (nSPS) is 29.3. The SMILES string of the molecule is COCCC1(CNC(=O)C2CCCC(N)C2)CCCC1. The maximum atomic E-state index is 12.3. The lowest BCUT2D eigenvalue weighted by Crippen LogP contribution is -2.42. The summed E-state index contributed by atoms with van der Waals surface area (Å²) in [5.74, 6) is 0.364. The Morgan fingerprint density at radius 2 is 2.05 bits per heavy atom. The lowest BCUT2D eigenvalue weighted by molar-refractivity contribution is -0.126. The van der Waals surface area contributed by atoms with Gasteiger partial charge in [-0.1, -0.05) is 19.3 Å². The molecule has 116 valence electrons. The van der Waals surface area contributed by atoms with Crippen molar-refractivity contribution in [1.29, 1.82) is 0 Å². The standard InChI is InChI=1S/C16H30N2O2/c1-20-10-9-16(7-2-3-8-16)12-18-15(19)13-5-4-6-14(17)11-13/h13-14H,2-12,17H2,1H3,(H,18,19). The van der Waals surface area contributed by atoms with Crippen LogP contribution in [0.1, 0.15) is 57.8 Å². The van der Waals surface area contributed by atoms with Crippen molar-refractivity contribution in [3.05, 3.63) is 0 Å². The first-order valence-electron chi connectivity index (χ1n) is 8.17. The summed E-state index contributed by atoms with van der Waals surface area (Å²) in [7, 11) is 1.75. The Balaban J connectivity index is 1.81. The van der Waals surface area contributed by atoms with E-state index in [4.69, 9.17) is 10.5 Å². The van der Waals surface area contributed by atoms with Crippen LogP contribution in [0.5, 0.6) is 0 Å². The number of amides is 1. The van der Waals surface area contributed by atoms with E-state index < -0.39 is 0 Å². The summed E-state index contributed by atoms with van der Waals surface area (Å²) < 4.78 is 5.24. The molecule has 3 N–H and O–H groups in total. The Kier molecular flexibility index (Phi) is 5.85. The largest absolute Gasteiger partial charge is 0.385 e. The first kappa shape index (κ1) is 15.8. The van der Waals surface area contributed by atoms with Crippen molar-refractivity contribution < 1.29 is 9.53 Å². The Hall–Kier alpha value is -0.610. The number of carbonyl (C=O) groups is 1. The zero-order valence-corrected chi connectivity index (χ0v) is 12.8. The van der Waals surface area contributed by atoms with Gasteiger partial charge in [0.25, 0.3) is 0 Å². The Labute approximate surface area is 122 Å². The van der Waals surface area contributed by atoms with E-state index in [1.54, 1.807) is 7.11 Å². The molecule has 2 aliphatic carbocycles. The van der Waals surface area contributed by atoms with Gasteiger partial charge in [0.15, 0.2) is 0 Å². The molecule has 20 heavy (non-hydrogen) atoms. The van der Waals surface area contributed by atoms with Crippen LogP contribution in [0.25, 0.3) is 0 Å². The molecular formula is C16H30N2O2. The fourth-order valence-electron chi connectivity index (χ4n) is 3.84. The Morgan fingerprint density at radius 3 is 2.70 bits per heavy atom. The summed E-state index contributed by atoms with van der Waals surface area (Å²) in [6, 6.07) is 0.216. The van der Waals surface area contributed by atoms with Gasteiger partial charge in [-0.15, -0.1) is 0 Å². The average molecular weight is 282 g/mol. The Morgan fingerprint density at radius 1 is 1.30 bits per heavy atom. The quantitative estimate of drug-likeness (QED) is 0.785. The van der Waals surface area contributed by atoms with Crippen LogP contribution in [-0.4, -0.2) is 32.2 Å². The number of ether oxygens (including phenoxy) is 1. The molecular weight excluding hydrogens is 252 g/mol. The smallest absolute Gasteiger partial charge is 0.223 e. The molecule has 0 heterocycles. The van der Waals surface area contributed by atoms with Gasteiger partial charge >= 0.3 is 0 Å². The summed E-state index contributed by atoms with van der Waals surface area (Å²) >= 11 is 0. The molecule has 2 unspecified atom stereocenters. The highest BCUT2D eigenvalue weighted by molar-refractivity contribution is 5.78. The van der Waals surface area contributed by atoms with E-state index in [2.05, 4.69) is 5.32 Å². The van der Waals surface area contributed by atoms with Crippen LogP contribution in [0, 0.1) is 11.3 Å². The zero-order valence-electron chi connectivity index (χ0n) is 12.8. The van der Waals surface area contributed by atoms with Crippen molar-refractivity contribution in [2.75, 3.05) is 20.3 Å². The molecule has 0 aromatic heterocycles. The molecule has 0 saturated heterocycles. The van der Waals surface area contributed by atoms with E-state index >= 15 is 0 Å². The van der Waals surface area contributed by atoms with Crippen LogP contribution in [0.15, 0.2) is 0 Å². The monoisotopic (exact) mass is 282 g/mol. The zero-order chi connectivity index (χ0) is 14.4. The van der Waals surface area contributed by atoms with E-state index in [1.165, 1.54) is 25.7 Å². The van der Waals surface area contributed by atoms with E-state index in [0.717, 1.165) is 45.3 Å². The van der Waals surface area contributed by atoms with Gasteiger partial charge in [0.2, 0.25) is 5.91 Å². The molecule has 0 spiro atoms. The van der Waals surface area contributed by atoms with Crippen molar-refractivity contribution in [2.45, 2.75) is 63.8 Å². The topological polar surface area (TPSA) is 64.3 Å². The van der Waals surface area contributed by atoms with Crippen LogP contribution >= 0.6 is 0 Å². The van der Waals surface area contributed by atoms with Crippen LogP contribution in [0.2, 0.25) is 0 Å². The van der Waals surface area contributed by atoms with E-state index in [1.807, 2.05) is 0 Å². The summed E-state index contributed by atoms with van der Waals surface area (Å²) in [4.78, 5) is 12.3.